The van der Waals surface area contributed by atoms with E-state index in [1.54, 1.807) is 28.0 Å². The Morgan fingerprint density at radius 2 is 2.00 bits per heavy atom. The summed E-state index contributed by atoms with van der Waals surface area (Å²) < 4.78 is 7.15. The van der Waals surface area contributed by atoms with E-state index in [-0.39, 0.29) is 5.91 Å². The molecule has 0 radical (unpaired) electrons. The lowest BCUT2D eigenvalue weighted by Gasteiger charge is -2.27. The highest BCUT2D eigenvalue weighted by atomic mass is 16.3. The summed E-state index contributed by atoms with van der Waals surface area (Å²) in [5.74, 6) is 0.541. The third-order valence-electron chi connectivity index (χ3n) is 4.86. The van der Waals surface area contributed by atoms with Gasteiger partial charge < -0.3 is 9.32 Å². The van der Waals surface area contributed by atoms with Crippen LogP contribution in [0.4, 0.5) is 0 Å². The summed E-state index contributed by atoms with van der Waals surface area (Å²) in [5.41, 5.74) is 3.93. The Kier molecular flexibility index (Phi) is 3.97. The van der Waals surface area contributed by atoms with Gasteiger partial charge in [0.2, 0.25) is 0 Å². The average Bonchev–Trinajstić information content (AvgIpc) is 3.43. The minimum Gasteiger partial charge on any atom is -0.463 e. The van der Waals surface area contributed by atoms with E-state index < -0.39 is 0 Å². The number of carbonyl (C=O) groups is 1. The van der Waals surface area contributed by atoms with Crippen LogP contribution in [-0.2, 0) is 13.0 Å². The fraction of sp³-hybridized carbons (Fsp3) is 0.143. The highest BCUT2D eigenvalue weighted by Gasteiger charge is 2.27. The molecule has 5 rings (SSSR count). The molecule has 28 heavy (non-hydrogen) atoms. The second kappa shape index (κ2) is 6.77. The number of hydrogen-bond donors (Lipinski definition) is 0. The van der Waals surface area contributed by atoms with Crippen LogP contribution in [0.25, 0.3) is 17.1 Å². The van der Waals surface area contributed by atoms with Crippen molar-refractivity contribution in [3.8, 4) is 17.1 Å². The van der Waals surface area contributed by atoms with E-state index >= 15 is 0 Å². The molecule has 1 aliphatic rings. The first-order valence-corrected chi connectivity index (χ1v) is 9.06. The Bertz CT molecular complexity index is 1120. The highest BCUT2D eigenvalue weighted by Crippen LogP contribution is 2.25. The molecule has 0 N–H and O–H groups in total. The van der Waals surface area contributed by atoms with Gasteiger partial charge in [-0.2, -0.15) is 5.10 Å². The lowest BCUT2D eigenvalue weighted by atomic mass is 10.1. The van der Waals surface area contributed by atoms with Crippen molar-refractivity contribution in [1.82, 2.24) is 24.6 Å². The summed E-state index contributed by atoms with van der Waals surface area (Å²) in [4.78, 5) is 23.6. The number of nitrogens with zero attached hydrogens (tertiary/aromatic N) is 5. The molecule has 0 spiro atoms. The van der Waals surface area contributed by atoms with Crippen LogP contribution < -0.4 is 0 Å². The predicted molar refractivity (Wildman–Crippen MR) is 102 cm³/mol. The molecule has 7 nitrogen and oxygen atoms in total. The van der Waals surface area contributed by atoms with E-state index in [0.29, 0.717) is 30.2 Å². The fourth-order valence-electron chi connectivity index (χ4n) is 3.43. The van der Waals surface area contributed by atoms with Gasteiger partial charge in [-0.25, -0.2) is 14.6 Å². The van der Waals surface area contributed by atoms with Crippen molar-refractivity contribution < 1.29 is 9.21 Å². The normalized spacial score (nSPS) is 13.4. The monoisotopic (exact) mass is 371 g/mol. The highest BCUT2D eigenvalue weighted by molar-refractivity contribution is 5.94. The quantitative estimate of drug-likeness (QED) is 0.553. The molecule has 4 heterocycles. The lowest BCUT2D eigenvalue weighted by molar-refractivity contribution is 0.0722. The molecule has 7 heteroatoms. The van der Waals surface area contributed by atoms with Crippen molar-refractivity contribution in [2.75, 3.05) is 6.54 Å². The average molecular weight is 371 g/mol. The Balaban J connectivity index is 1.54. The van der Waals surface area contributed by atoms with E-state index in [1.165, 1.54) is 6.33 Å². The number of hydrogen-bond acceptors (Lipinski definition) is 5. The van der Waals surface area contributed by atoms with Gasteiger partial charge in [0.25, 0.3) is 5.91 Å². The maximum Gasteiger partial charge on any atom is 0.272 e. The van der Waals surface area contributed by atoms with Gasteiger partial charge in [0.1, 0.15) is 17.7 Å². The predicted octanol–water partition coefficient (Wildman–Crippen LogP) is 3.12. The number of aromatic nitrogens is 4. The molecular weight excluding hydrogens is 354 g/mol. The van der Waals surface area contributed by atoms with Crippen molar-refractivity contribution in [3.63, 3.8) is 0 Å². The number of amides is 1. The van der Waals surface area contributed by atoms with Crippen LogP contribution in [0.15, 0.2) is 71.7 Å². The molecule has 0 fully saturated rings. The molecule has 0 unspecified atom stereocenters. The van der Waals surface area contributed by atoms with Crippen LogP contribution in [0, 0.1) is 0 Å². The molecule has 3 aromatic heterocycles. The maximum atomic E-state index is 13.4. The number of fused-ring (bicyclic) bond motifs is 1. The second-order valence-electron chi connectivity index (χ2n) is 6.61. The van der Waals surface area contributed by atoms with Gasteiger partial charge in [0.15, 0.2) is 5.76 Å². The SMILES string of the molecule is O=C(c1cc(-c2ccco2)nn1-c1ccccc1)N1CCc2cncnc2C1. The second-order valence-corrected chi connectivity index (χ2v) is 6.61. The van der Waals surface area contributed by atoms with Crippen LogP contribution in [0.2, 0.25) is 0 Å². The largest absolute Gasteiger partial charge is 0.463 e. The van der Waals surface area contributed by atoms with Crippen LogP contribution in [0.1, 0.15) is 21.7 Å². The van der Waals surface area contributed by atoms with Crippen LogP contribution in [0.3, 0.4) is 0 Å². The smallest absolute Gasteiger partial charge is 0.272 e. The van der Waals surface area contributed by atoms with Crippen molar-refractivity contribution in [1.29, 1.82) is 0 Å². The molecule has 138 valence electrons. The zero-order chi connectivity index (χ0) is 18.9. The fourth-order valence-corrected chi connectivity index (χ4v) is 3.43. The summed E-state index contributed by atoms with van der Waals surface area (Å²) in [6, 6.07) is 15.0. The molecule has 0 bridgehead atoms. The molecule has 4 aromatic rings. The molecular formula is C21H17N5O2. The minimum atomic E-state index is -0.0848. The third kappa shape index (κ3) is 2.87. The van der Waals surface area contributed by atoms with Gasteiger partial charge in [0, 0.05) is 18.8 Å². The minimum absolute atomic E-state index is 0.0848. The number of carbonyl (C=O) groups excluding carboxylic acids is 1. The van der Waals surface area contributed by atoms with E-state index in [2.05, 4.69) is 15.1 Å². The zero-order valence-corrected chi connectivity index (χ0v) is 15.0. The summed E-state index contributed by atoms with van der Waals surface area (Å²) in [5, 5.41) is 4.63. The van der Waals surface area contributed by atoms with Gasteiger partial charge >= 0.3 is 0 Å². The van der Waals surface area contributed by atoms with Crippen molar-refractivity contribution >= 4 is 5.91 Å². The molecule has 0 saturated heterocycles. The zero-order valence-electron chi connectivity index (χ0n) is 15.0. The van der Waals surface area contributed by atoms with E-state index in [0.717, 1.165) is 23.4 Å². The number of para-hydroxylation sites is 1. The maximum absolute atomic E-state index is 13.4. The van der Waals surface area contributed by atoms with Gasteiger partial charge in [-0.15, -0.1) is 0 Å². The first-order chi connectivity index (χ1) is 13.8. The number of benzene rings is 1. The number of furan rings is 1. The van der Waals surface area contributed by atoms with Gasteiger partial charge in [-0.05, 0) is 36.2 Å². The summed E-state index contributed by atoms with van der Waals surface area (Å²) >= 11 is 0. The van der Waals surface area contributed by atoms with Gasteiger partial charge in [-0.3, -0.25) is 4.79 Å². The van der Waals surface area contributed by atoms with Crippen molar-refractivity contribution in [3.05, 3.63) is 84.3 Å². The third-order valence-corrected chi connectivity index (χ3v) is 4.86. The standard InChI is InChI=1S/C21H17N5O2/c27-21(25-9-8-15-12-22-14-23-18(15)13-25)19-11-17(20-7-4-10-28-20)24-26(19)16-5-2-1-3-6-16/h1-7,10-12,14H,8-9,13H2. The number of rotatable bonds is 3. The molecule has 0 atom stereocenters. The van der Waals surface area contributed by atoms with Crippen molar-refractivity contribution in [2.24, 2.45) is 0 Å². The summed E-state index contributed by atoms with van der Waals surface area (Å²) in [6.45, 7) is 1.09. The van der Waals surface area contributed by atoms with Gasteiger partial charge in [-0.1, -0.05) is 18.2 Å². The van der Waals surface area contributed by atoms with Crippen LogP contribution in [0.5, 0.6) is 0 Å². The van der Waals surface area contributed by atoms with E-state index in [1.807, 2.05) is 42.6 Å². The molecule has 0 aliphatic carbocycles. The lowest BCUT2D eigenvalue weighted by Crippen LogP contribution is -2.37. The first-order valence-electron chi connectivity index (χ1n) is 9.06. The Hall–Kier alpha value is -3.74. The Labute approximate surface area is 161 Å². The van der Waals surface area contributed by atoms with E-state index in [9.17, 15) is 4.79 Å². The summed E-state index contributed by atoms with van der Waals surface area (Å²) in [6.07, 6.45) is 5.69. The Morgan fingerprint density at radius 1 is 1.11 bits per heavy atom. The van der Waals surface area contributed by atoms with E-state index in [4.69, 9.17) is 4.42 Å². The topological polar surface area (TPSA) is 77.0 Å². The Morgan fingerprint density at radius 3 is 2.82 bits per heavy atom. The van der Waals surface area contributed by atoms with Gasteiger partial charge in [0.05, 0.1) is 24.2 Å². The van der Waals surface area contributed by atoms with Crippen LogP contribution >= 0.6 is 0 Å². The molecule has 0 saturated carbocycles. The summed E-state index contributed by atoms with van der Waals surface area (Å²) in [7, 11) is 0. The molecule has 1 aromatic carbocycles. The van der Waals surface area contributed by atoms with Crippen LogP contribution in [-0.4, -0.2) is 37.1 Å². The molecule has 1 amide bonds. The first kappa shape index (κ1) is 16.4. The molecule has 1 aliphatic heterocycles. The van der Waals surface area contributed by atoms with Crippen molar-refractivity contribution in [2.45, 2.75) is 13.0 Å².